The van der Waals surface area contributed by atoms with Gasteiger partial charge in [0.1, 0.15) is 5.92 Å². The molecule has 1 aliphatic heterocycles. The molecule has 132 valence electrons. The number of hydrogen-bond acceptors (Lipinski definition) is 3. The van der Waals surface area contributed by atoms with Gasteiger partial charge in [-0.3, -0.25) is 4.98 Å². The van der Waals surface area contributed by atoms with Crippen LogP contribution in [0.15, 0.2) is 72.9 Å². The number of hydrogen-bond donors (Lipinski definition) is 0. The van der Waals surface area contributed by atoms with Gasteiger partial charge in [-0.15, -0.1) is 0 Å². The summed E-state index contributed by atoms with van der Waals surface area (Å²) in [6.45, 7) is 2.66. The minimum Gasteiger partial charge on any atom is -0.343 e. The molecule has 1 atom stereocenters. The van der Waals surface area contributed by atoms with Crippen LogP contribution in [-0.4, -0.2) is 4.98 Å². The molecule has 3 nitrogen and oxygen atoms in total. The Morgan fingerprint density at radius 1 is 1.04 bits per heavy atom. The first-order valence-corrected chi connectivity index (χ1v) is 9.19. The van der Waals surface area contributed by atoms with Crippen molar-refractivity contribution in [3.63, 3.8) is 0 Å². The predicted octanol–water partition coefficient (Wildman–Crippen LogP) is 5.71. The van der Waals surface area contributed by atoms with Gasteiger partial charge in [0.25, 0.3) is 0 Å². The Kier molecular flexibility index (Phi) is 4.66. The van der Waals surface area contributed by atoms with E-state index >= 15 is 0 Å². The molecule has 1 aliphatic rings. The van der Waals surface area contributed by atoms with Gasteiger partial charge in [0.05, 0.1) is 11.8 Å². The first-order chi connectivity index (χ1) is 13.2. The van der Waals surface area contributed by atoms with Crippen LogP contribution in [0.4, 0.5) is 5.69 Å². The van der Waals surface area contributed by atoms with Gasteiger partial charge in [0.2, 0.25) is 0 Å². The summed E-state index contributed by atoms with van der Waals surface area (Å²) in [5.74, 6) is -0.336. The lowest BCUT2D eigenvalue weighted by Crippen LogP contribution is -2.23. The first-order valence-electron chi connectivity index (χ1n) is 8.81. The number of aryl methyl sites for hydroxylation is 1. The molecule has 4 heteroatoms. The Labute approximate surface area is 164 Å². The molecule has 1 unspecified atom stereocenters. The van der Waals surface area contributed by atoms with E-state index in [9.17, 15) is 5.26 Å². The average molecular weight is 372 g/mol. The van der Waals surface area contributed by atoms with Crippen LogP contribution in [0.25, 0.3) is 5.57 Å². The van der Waals surface area contributed by atoms with Crippen LogP contribution in [0.3, 0.4) is 0 Å². The number of aromatic nitrogens is 1. The second-order valence-electron chi connectivity index (χ2n) is 6.62. The third-order valence-electron chi connectivity index (χ3n) is 4.74. The van der Waals surface area contributed by atoms with Crippen molar-refractivity contribution in [3.8, 4) is 6.07 Å². The van der Waals surface area contributed by atoms with Crippen molar-refractivity contribution in [2.75, 3.05) is 4.90 Å². The molecule has 0 fully saturated rings. The molecule has 3 aromatic rings. The summed E-state index contributed by atoms with van der Waals surface area (Å²) in [5.41, 5.74) is 5.92. The monoisotopic (exact) mass is 371 g/mol. The summed E-state index contributed by atoms with van der Waals surface area (Å²) >= 11 is 6.02. The summed E-state index contributed by atoms with van der Waals surface area (Å²) < 4.78 is 0. The quantitative estimate of drug-likeness (QED) is 0.591. The number of nitriles is 1. The maximum Gasteiger partial charge on any atom is 0.102 e. The summed E-state index contributed by atoms with van der Waals surface area (Å²) in [6.07, 6.45) is 2.06. The van der Waals surface area contributed by atoms with E-state index in [1.54, 1.807) is 0 Å². The third kappa shape index (κ3) is 3.45. The standard InChI is InChI=1S/C23H18ClN3/c1-16-5-4-7-22(26-16)21-15-27(14-17-9-11-18(24)12-10-17)23-8-3-2-6-19(23)20(21)13-25/h2-12,15,20H,14H2,1H3. The van der Waals surface area contributed by atoms with Gasteiger partial charge in [-0.05, 0) is 48.4 Å². The summed E-state index contributed by atoms with van der Waals surface area (Å²) in [4.78, 5) is 6.84. The summed E-state index contributed by atoms with van der Waals surface area (Å²) in [5, 5.41) is 10.6. The predicted molar refractivity (Wildman–Crippen MR) is 109 cm³/mol. The van der Waals surface area contributed by atoms with Crippen LogP contribution >= 0.6 is 11.6 Å². The molecule has 2 heterocycles. The van der Waals surface area contributed by atoms with E-state index in [4.69, 9.17) is 11.6 Å². The largest absolute Gasteiger partial charge is 0.343 e. The average Bonchev–Trinajstić information content (AvgIpc) is 2.69. The number of para-hydroxylation sites is 1. The van der Waals surface area contributed by atoms with E-state index in [0.29, 0.717) is 6.54 Å². The molecule has 0 saturated carbocycles. The number of benzene rings is 2. The van der Waals surface area contributed by atoms with Crippen molar-refractivity contribution in [3.05, 3.63) is 100 Å². The second-order valence-corrected chi connectivity index (χ2v) is 7.06. The molecule has 0 spiro atoms. The van der Waals surface area contributed by atoms with Gasteiger partial charge in [0.15, 0.2) is 0 Å². The lowest BCUT2D eigenvalue weighted by molar-refractivity contribution is 0.914. The van der Waals surface area contributed by atoms with E-state index < -0.39 is 0 Å². The molecule has 0 saturated heterocycles. The highest BCUT2D eigenvalue weighted by Gasteiger charge is 2.28. The van der Waals surface area contributed by atoms with E-state index in [0.717, 1.165) is 38.8 Å². The fraction of sp³-hybridized carbons (Fsp3) is 0.130. The van der Waals surface area contributed by atoms with Crippen molar-refractivity contribution >= 4 is 22.9 Å². The number of allylic oxidation sites excluding steroid dienone is 1. The Bertz CT molecular complexity index is 1050. The van der Waals surface area contributed by atoms with Crippen LogP contribution in [0.1, 0.15) is 28.4 Å². The molecular formula is C23H18ClN3. The third-order valence-corrected chi connectivity index (χ3v) is 4.99. The van der Waals surface area contributed by atoms with Gasteiger partial charge in [-0.25, -0.2) is 0 Å². The van der Waals surface area contributed by atoms with Gasteiger partial charge in [-0.1, -0.05) is 48.0 Å². The molecule has 0 bridgehead atoms. The van der Waals surface area contributed by atoms with Gasteiger partial charge >= 0.3 is 0 Å². The van der Waals surface area contributed by atoms with Crippen molar-refractivity contribution < 1.29 is 0 Å². The normalized spacial score (nSPS) is 15.7. The number of anilines is 1. The van der Waals surface area contributed by atoms with Crippen LogP contribution in [0.5, 0.6) is 0 Å². The molecular weight excluding hydrogens is 354 g/mol. The number of rotatable bonds is 3. The van der Waals surface area contributed by atoms with E-state index in [1.165, 1.54) is 0 Å². The van der Waals surface area contributed by atoms with Crippen molar-refractivity contribution in [1.29, 1.82) is 5.26 Å². The Morgan fingerprint density at radius 3 is 2.56 bits per heavy atom. The molecule has 0 amide bonds. The van der Waals surface area contributed by atoms with Crippen LogP contribution in [-0.2, 0) is 6.54 Å². The molecule has 1 aromatic heterocycles. The number of halogens is 1. The van der Waals surface area contributed by atoms with Crippen LogP contribution in [0, 0.1) is 18.3 Å². The molecule has 4 rings (SSSR count). The molecule has 0 N–H and O–H groups in total. The fourth-order valence-electron chi connectivity index (χ4n) is 3.45. The number of fused-ring (bicyclic) bond motifs is 1. The highest BCUT2D eigenvalue weighted by Crippen LogP contribution is 2.41. The number of pyridine rings is 1. The van der Waals surface area contributed by atoms with Crippen molar-refractivity contribution in [2.24, 2.45) is 0 Å². The highest BCUT2D eigenvalue weighted by atomic mass is 35.5. The molecule has 2 aromatic carbocycles. The zero-order valence-corrected chi connectivity index (χ0v) is 15.7. The minimum atomic E-state index is -0.336. The maximum absolute atomic E-state index is 9.89. The lowest BCUT2D eigenvalue weighted by Gasteiger charge is -2.32. The van der Waals surface area contributed by atoms with Crippen LogP contribution < -0.4 is 4.90 Å². The Balaban J connectivity index is 1.81. The summed E-state index contributed by atoms with van der Waals surface area (Å²) in [6, 6.07) is 24.3. The van der Waals surface area contributed by atoms with Crippen molar-refractivity contribution in [1.82, 2.24) is 4.98 Å². The SMILES string of the molecule is Cc1cccc(C2=CN(Cc3ccc(Cl)cc3)c3ccccc3C2C#N)n1. The molecule has 0 aliphatic carbocycles. The fourth-order valence-corrected chi connectivity index (χ4v) is 3.57. The minimum absolute atomic E-state index is 0.336. The second kappa shape index (κ2) is 7.26. The summed E-state index contributed by atoms with van der Waals surface area (Å²) in [7, 11) is 0. The molecule has 0 radical (unpaired) electrons. The molecule has 27 heavy (non-hydrogen) atoms. The lowest BCUT2D eigenvalue weighted by atomic mass is 9.86. The van der Waals surface area contributed by atoms with Gasteiger partial charge in [0, 0.05) is 34.7 Å². The smallest absolute Gasteiger partial charge is 0.102 e. The zero-order valence-electron chi connectivity index (χ0n) is 14.9. The van der Waals surface area contributed by atoms with Gasteiger partial charge < -0.3 is 4.90 Å². The highest BCUT2D eigenvalue weighted by molar-refractivity contribution is 6.30. The van der Waals surface area contributed by atoms with E-state index in [1.807, 2.05) is 67.6 Å². The van der Waals surface area contributed by atoms with Gasteiger partial charge in [-0.2, -0.15) is 5.26 Å². The topological polar surface area (TPSA) is 39.9 Å². The zero-order chi connectivity index (χ0) is 18.8. The van der Waals surface area contributed by atoms with Crippen molar-refractivity contribution in [2.45, 2.75) is 19.4 Å². The maximum atomic E-state index is 9.89. The van der Waals surface area contributed by atoms with E-state index in [2.05, 4.69) is 28.2 Å². The Hall–Kier alpha value is -3.09. The van der Waals surface area contributed by atoms with E-state index in [-0.39, 0.29) is 5.92 Å². The van der Waals surface area contributed by atoms with Crippen LogP contribution in [0.2, 0.25) is 5.02 Å². The first kappa shape index (κ1) is 17.3. The number of nitrogens with zero attached hydrogens (tertiary/aromatic N) is 3. The Morgan fingerprint density at radius 2 is 1.81 bits per heavy atom.